The van der Waals surface area contributed by atoms with Crippen molar-refractivity contribution in [3.63, 3.8) is 0 Å². The fraction of sp³-hybridized carbons (Fsp3) is 0.533. The molecule has 1 rings (SSSR count). The van der Waals surface area contributed by atoms with Crippen molar-refractivity contribution in [3.05, 3.63) is 16.5 Å². The molecule has 0 aliphatic rings. The Morgan fingerprint density at radius 2 is 1.96 bits per heavy atom. The third kappa shape index (κ3) is 8.11. The molecule has 6 N–H and O–H groups in total. The molecule has 0 bridgehead atoms. The number of thiophene rings is 1. The summed E-state index contributed by atoms with van der Waals surface area (Å²) in [6.45, 7) is 0.684. The molecule has 3 unspecified atom stereocenters. The van der Waals surface area contributed by atoms with Crippen LogP contribution in [0.2, 0.25) is 5.02 Å². The normalized spacial score (nSPS) is 15.8. The SMILES string of the molecule is CC(C)CC(N)C(=O)I=S(=O)(NC(=O)CCC(N)C(=O)O)c1cc(Cl)cs1. The molecule has 1 aromatic heterocycles. The Bertz CT molecular complexity index is 820. The number of hydrogen-bond acceptors (Lipinski definition) is 7. The number of halogens is 2. The van der Waals surface area contributed by atoms with Crippen LogP contribution in [0.5, 0.6) is 0 Å². The van der Waals surface area contributed by atoms with Crippen LogP contribution in [-0.4, -0.2) is 37.1 Å². The maximum atomic E-state index is 13.4. The van der Waals surface area contributed by atoms with Gasteiger partial charge in [-0.3, -0.25) is 19.1 Å². The van der Waals surface area contributed by atoms with Gasteiger partial charge in [0.05, 0.1) is 11.1 Å². The third-order valence-corrected chi connectivity index (χ3v) is 13.7. The first kappa shape index (κ1) is 24.4. The van der Waals surface area contributed by atoms with Crippen molar-refractivity contribution < 1.29 is 23.7 Å². The lowest BCUT2D eigenvalue weighted by molar-refractivity contribution is -0.138. The van der Waals surface area contributed by atoms with E-state index in [0.29, 0.717) is 15.7 Å². The maximum Gasteiger partial charge on any atom is 0.320 e. The minimum atomic E-state index is -3.17. The van der Waals surface area contributed by atoms with Crippen LogP contribution in [0.25, 0.3) is 0 Å². The summed E-state index contributed by atoms with van der Waals surface area (Å²) < 4.78 is 15.8. The first-order valence-corrected chi connectivity index (χ1v) is 14.4. The number of carboxylic acid groups (broad SMARTS) is 1. The lowest BCUT2D eigenvalue weighted by Gasteiger charge is -2.14. The number of nitrogens with one attached hydrogen (secondary N) is 1. The summed E-state index contributed by atoms with van der Waals surface area (Å²) in [6.07, 6.45) is 0.126. The van der Waals surface area contributed by atoms with E-state index in [-0.39, 0.29) is 22.5 Å². The Balaban J connectivity index is 3.08. The average molecular weight is 552 g/mol. The van der Waals surface area contributed by atoms with Gasteiger partial charge in [0.1, 0.15) is 17.0 Å². The van der Waals surface area contributed by atoms with Gasteiger partial charge in [-0.05, 0) is 24.8 Å². The second-order valence-corrected chi connectivity index (χ2v) is 15.7. The van der Waals surface area contributed by atoms with Crippen LogP contribution < -0.4 is 16.2 Å². The van der Waals surface area contributed by atoms with Crippen LogP contribution in [-0.2, 0) is 21.2 Å². The molecule has 0 aromatic carbocycles. The molecule has 0 fully saturated rings. The minimum Gasteiger partial charge on any atom is -0.480 e. The van der Waals surface area contributed by atoms with Gasteiger partial charge >= 0.3 is 5.97 Å². The largest absolute Gasteiger partial charge is 0.480 e. The summed E-state index contributed by atoms with van der Waals surface area (Å²) in [5, 5.41) is 10.7. The zero-order valence-corrected chi connectivity index (χ0v) is 19.4. The van der Waals surface area contributed by atoms with E-state index < -0.39 is 50.0 Å². The minimum absolute atomic E-state index is 0.110. The summed E-state index contributed by atoms with van der Waals surface area (Å²) in [5.74, 6) is -1.66. The smallest absolute Gasteiger partial charge is 0.320 e. The van der Waals surface area contributed by atoms with Crippen molar-refractivity contribution in [2.45, 2.75) is 49.4 Å². The van der Waals surface area contributed by atoms with Gasteiger partial charge < -0.3 is 16.6 Å². The zero-order valence-electron chi connectivity index (χ0n) is 14.8. The molecule has 0 saturated heterocycles. The highest BCUT2D eigenvalue weighted by Gasteiger charge is 2.23. The number of rotatable bonds is 10. The maximum absolute atomic E-state index is 13.4. The second-order valence-electron chi connectivity index (χ2n) is 6.20. The standard InChI is InChI=1S/C15H23ClIN3O5S2/c1-8(2)5-11(19)14(22)17-27(25,13-6-9(16)7-26-13)20-12(21)4-3-10(18)15(23)24/h6-8,10-11H,3-5,18-19H2,1-2H3,(H,23,24)(H,20,21,25). The van der Waals surface area contributed by atoms with Crippen LogP contribution in [0.4, 0.5) is 0 Å². The molecule has 8 nitrogen and oxygen atoms in total. The molecule has 0 saturated carbocycles. The first-order chi connectivity index (χ1) is 12.4. The Morgan fingerprint density at radius 1 is 1.33 bits per heavy atom. The second kappa shape index (κ2) is 10.8. The van der Waals surface area contributed by atoms with Crippen LogP contribution in [0.3, 0.4) is 0 Å². The first-order valence-electron chi connectivity index (χ1n) is 7.98. The molecule has 1 heterocycles. The number of nitrogens with two attached hydrogens (primary N) is 2. The lowest BCUT2D eigenvalue weighted by Crippen LogP contribution is -2.35. The van der Waals surface area contributed by atoms with Gasteiger partial charge in [0.25, 0.3) is 0 Å². The number of hydrogen-bond donors (Lipinski definition) is 4. The number of carbonyl (C=O) groups is 3. The van der Waals surface area contributed by atoms with E-state index in [2.05, 4.69) is 4.72 Å². The fourth-order valence-electron chi connectivity index (χ4n) is 1.91. The average Bonchev–Trinajstić information content (AvgIpc) is 2.98. The van der Waals surface area contributed by atoms with Crippen molar-refractivity contribution in [2.24, 2.45) is 17.4 Å². The highest BCUT2D eigenvalue weighted by Crippen LogP contribution is 2.30. The van der Waals surface area contributed by atoms with Gasteiger partial charge in [0.2, 0.25) is 9.70 Å². The summed E-state index contributed by atoms with van der Waals surface area (Å²) in [7, 11) is 0. The number of aliphatic carboxylic acids is 1. The predicted molar refractivity (Wildman–Crippen MR) is 115 cm³/mol. The van der Waals surface area contributed by atoms with Crippen molar-refractivity contribution in [1.82, 2.24) is 4.72 Å². The Labute approximate surface area is 175 Å². The monoisotopic (exact) mass is 551 g/mol. The zero-order chi connectivity index (χ0) is 20.8. The van der Waals surface area contributed by atoms with Crippen LogP contribution in [0, 0.1) is 5.92 Å². The van der Waals surface area contributed by atoms with Gasteiger partial charge in [0.15, 0.2) is 0 Å². The van der Waals surface area contributed by atoms with Crippen LogP contribution in [0.15, 0.2) is 15.7 Å². The highest BCUT2D eigenvalue weighted by atomic mass is 127. The summed E-state index contributed by atoms with van der Waals surface area (Å²) in [4.78, 5) is 35.4. The van der Waals surface area contributed by atoms with Gasteiger partial charge in [-0.25, -0.2) is 4.21 Å². The van der Waals surface area contributed by atoms with Gasteiger partial charge in [0, 0.05) is 31.1 Å². The van der Waals surface area contributed by atoms with Crippen LogP contribution in [0.1, 0.15) is 33.1 Å². The molecule has 0 radical (unpaired) electrons. The Morgan fingerprint density at radius 3 is 2.44 bits per heavy atom. The van der Waals surface area contributed by atoms with Crippen molar-refractivity contribution in [1.29, 1.82) is 0 Å². The fourth-order valence-corrected chi connectivity index (χ4v) is 11.5. The molecule has 3 atom stereocenters. The van der Waals surface area contributed by atoms with E-state index in [1.807, 2.05) is 13.8 Å². The summed E-state index contributed by atoms with van der Waals surface area (Å²) in [6, 6.07) is -0.483. The van der Waals surface area contributed by atoms with E-state index in [9.17, 15) is 18.6 Å². The molecular weight excluding hydrogens is 529 g/mol. The molecular formula is C15H23ClIN3O5S2. The summed E-state index contributed by atoms with van der Waals surface area (Å²) in [5.41, 5.74) is 11.3. The molecule has 154 valence electrons. The van der Waals surface area contributed by atoms with E-state index in [1.165, 1.54) is 6.07 Å². The quantitative estimate of drug-likeness (QED) is 0.256. The third-order valence-electron chi connectivity index (χ3n) is 3.25. The van der Waals surface area contributed by atoms with Crippen molar-refractivity contribution in [2.75, 3.05) is 0 Å². The van der Waals surface area contributed by atoms with E-state index in [0.717, 1.165) is 11.3 Å². The molecule has 12 heteroatoms. The molecule has 0 aliphatic heterocycles. The number of carboxylic acids is 1. The predicted octanol–water partition coefficient (Wildman–Crippen LogP) is 2.05. The molecule has 1 amide bonds. The van der Waals surface area contributed by atoms with E-state index >= 15 is 0 Å². The van der Waals surface area contributed by atoms with E-state index in [4.69, 9.17) is 28.2 Å². The lowest BCUT2D eigenvalue weighted by atomic mass is 10.1. The highest BCUT2D eigenvalue weighted by molar-refractivity contribution is 14.2. The van der Waals surface area contributed by atoms with E-state index in [1.54, 1.807) is 5.38 Å². The Hall–Kier alpha value is -0.600. The molecule has 27 heavy (non-hydrogen) atoms. The molecule has 1 aromatic rings. The van der Waals surface area contributed by atoms with Gasteiger partial charge in [-0.15, -0.1) is 11.3 Å². The van der Waals surface area contributed by atoms with Crippen molar-refractivity contribution >= 4 is 64.6 Å². The number of carbonyl (C=O) groups excluding carboxylic acids is 2. The van der Waals surface area contributed by atoms with Gasteiger partial charge in [-0.2, -0.15) is 0 Å². The summed E-state index contributed by atoms with van der Waals surface area (Å²) >= 11 is 5.33. The van der Waals surface area contributed by atoms with Crippen LogP contribution >= 0.6 is 42.2 Å². The Kier molecular flexibility index (Phi) is 9.79. The van der Waals surface area contributed by atoms with Gasteiger partial charge in [-0.1, -0.05) is 25.4 Å². The molecule has 0 aliphatic carbocycles. The number of amides is 1. The van der Waals surface area contributed by atoms with Crippen molar-refractivity contribution in [3.8, 4) is 0 Å². The molecule has 0 spiro atoms. The topological polar surface area (TPSA) is 153 Å².